The number of hydrogen-bond acceptors (Lipinski definition) is 3. The largest absolute Gasteiger partial charge is 1.00 e. The van der Waals surface area contributed by atoms with E-state index in [1.54, 1.807) is 14.2 Å². The molecule has 0 aromatic heterocycles. The number of aliphatic hydroxyl groups excluding tert-OH is 1. The molecular weight excluding hydrogens is 254 g/mol. The molecule has 0 saturated carbocycles. The Morgan fingerprint density at radius 1 is 1.17 bits per heavy atom. The van der Waals surface area contributed by atoms with Gasteiger partial charge in [0, 0.05) is 5.56 Å². The molecular formula is C13H22ClNO3. The Hall–Kier alpha value is -0.970. The number of benzene rings is 1. The summed E-state index contributed by atoms with van der Waals surface area (Å²) in [6.07, 6.45) is -0.569. The smallest absolute Gasteiger partial charge is 0.132 e. The van der Waals surface area contributed by atoms with Gasteiger partial charge < -0.3 is 31.5 Å². The first-order valence-corrected chi connectivity index (χ1v) is 5.58. The number of ether oxygens (including phenoxy) is 2. The van der Waals surface area contributed by atoms with Crippen LogP contribution in [0.3, 0.4) is 0 Å². The molecule has 0 spiro atoms. The van der Waals surface area contributed by atoms with Crippen molar-refractivity contribution < 1.29 is 31.5 Å². The molecule has 1 atom stereocenters. The van der Waals surface area contributed by atoms with E-state index in [0.29, 0.717) is 16.8 Å². The van der Waals surface area contributed by atoms with Crippen molar-refractivity contribution in [3.05, 3.63) is 23.8 Å². The molecule has 1 N–H and O–H groups in total. The van der Waals surface area contributed by atoms with Crippen LogP contribution in [0, 0.1) is 0 Å². The topological polar surface area (TPSA) is 38.7 Å². The van der Waals surface area contributed by atoms with Crippen molar-refractivity contribution in [1.29, 1.82) is 0 Å². The lowest BCUT2D eigenvalue weighted by Gasteiger charge is -2.27. The maximum atomic E-state index is 10.2. The second kappa shape index (κ2) is 6.83. The SMILES string of the molecule is COc1ccc(OC)c(C(O)C[N+](C)(C)C)c1.[Cl-]. The van der Waals surface area contributed by atoms with Gasteiger partial charge in [0.1, 0.15) is 24.1 Å². The zero-order chi connectivity index (χ0) is 13.1. The van der Waals surface area contributed by atoms with Gasteiger partial charge in [0.15, 0.2) is 0 Å². The molecule has 104 valence electrons. The van der Waals surface area contributed by atoms with Crippen LogP contribution in [0.2, 0.25) is 0 Å². The average molecular weight is 276 g/mol. The second-order valence-electron chi connectivity index (χ2n) is 5.10. The summed E-state index contributed by atoms with van der Waals surface area (Å²) in [6, 6.07) is 5.45. The van der Waals surface area contributed by atoms with Crippen LogP contribution in [-0.2, 0) is 0 Å². The Labute approximate surface area is 115 Å². The lowest BCUT2D eigenvalue weighted by Crippen LogP contribution is -3.00. The fourth-order valence-corrected chi connectivity index (χ4v) is 1.72. The predicted molar refractivity (Wildman–Crippen MR) is 67.4 cm³/mol. The van der Waals surface area contributed by atoms with Crippen LogP contribution >= 0.6 is 0 Å². The fraction of sp³-hybridized carbons (Fsp3) is 0.538. The number of aliphatic hydroxyl groups is 1. The molecule has 0 amide bonds. The molecule has 0 aliphatic heterocycles. The Kier molecular flexibility index (Phi) is 6.46. The molecule has 1 unspecified atom stereocenters. The summed E-state index contributed by atoms with van der Waals surface area (Å²) in [4.78, 5) is 0. The van der Waals surface area contributed by atoms with Crippen LogP contribution in [0.15, 0.2) is 18.2 Å². The first kappa shape index (κ1) is 17.0. The number of hydrogen-bond donors (Lipinski definition) is 1. The van der Waals surface area contributed by atoms with Gasteiger partial charge >= 0.3 is 0 Å². The highest BCUT2D eigenvalue weighted by atomic mass is 35.5. The summed E-state index contributed by atoms with van der Waals surface area (Å²) in [5.41, 5.74) is 0.764. The molecule has 0 fully saturated rings. The zero-order valence-electron chi connectivity index (χ0n) is 11.6. The summed E-state index contributed by atoms with van der Waals surface area (Å²) in [6.45, 7) is 0.615. The van der Waals surface area contributed by atoms with Gasteiger partial charge in [0.25, 0.3) is 0 Å². The third-order valence-electron chi connectivity index (χ3n) is 2.52. The Balaban J connectivity index is 0.00000289. The van der Waals surface area contributed by atoms with Gasteiger partial charge in [-0.3, -0.25) is 0 Å². The van der Waals surface area contributed by atoms with Gasteiger partial charge in [0.05, 0.1) is 35.4 Å². The molecule has 0 saturated heterocycles. The summed E-state index contributed by atoms with van der Waals surface area (Å²) in [7, 11) is 9.32. The van der Waals surface area contributed by atoms with Gasteiger partial charge in [-0.1, -0.05) is 0 Å². The molecule has 1 rings (SSSR count). The van der Waals surface area contributed by atoms with Crippen molar-refractivity contribution in [2.75, 3.05) is 41.9 Å². The minimum atomic E-state index is -0.569. The highest BCUT2D eigenvalue weighted by Gasteiger charge is 2.21. The molecule has 0 aliphatic rings. The minimum absolute atomic E-state index is 0. The number of rotatable bonds is 5. The third-order valence-corrected chi connectivity index (χ3v) is 2.52. The molecule has 0 bridgehead atoms. The van der Waals surface area contributed by atoms with E-state index in [1.807, 2.05) is 39.3 Å². The monoisotopic (exact) mass is 275 g/mol. The van der Waals surface area contributed by atoms with Crippen molar-refractivity contribution >= 4 is 0 Å². The Bertz CT molecular complexity index is 377. The lowest BCUT2D eigenvalue weighted by atomic mass is 10.1. The van der Waals surface area contributed by atoms with Gasteiger partial charge in [-0.2, -0.15) is 0 Å². The fourth-order valence-electron chi connectivity index (χ4n) is 1.72. The Morgan fingerprint density at radius 2 is 1.78 bits per heavy atom. The highest BCUT2D eigenvalue weighted by Crippen LogP contribution is 2.30. The van der Waals surface area contributed by atoms with Crippen molar-refractivity contribution in [2.24, 2.45) is 0 Å². The summed E-state index contributed by atoms with van der Waals surface area (Å²) < 4.78 is 11.1. The van der Waals surface area contributed by atoms with Crippen molar-refractivity contribution in [1.82, 2.24) is 0 Å². The number of likely N-dealkylation sites (N-methyl/N-ethyl adjacent to an activating group) is 1. The third kappa shape index (κ3) is 4.72. The van der Waals surface area contributed by atoms with Crippen molar-refractivity contribution in [2.45, 2.75) is 6.10 Å². The van der Waals surface area contributed by atoms with Crippen LogP contribution < -0.4 is 21.9 Å². The van der Waals surface area contributed by atoms with Crippen LogP contribution in [-0.4, -0.2) is 51.5 Å². The normalized spacial score (nSPS) is 12.6. The lowest BCUT2D eigenvalue weighted by molar-refractivity contribution is -0.874. The molecule has 18 heavy (non-hydrogen) atoms. The van der Waals surface area contributed by atoms with E-state index in [4.69, 9.17) is 9.47 Å². The van der Waals surface area contributed by atoms with Gasteiger partial charge in [-0.15, -0.1) is 0 Å². The van der Waals surface area contributed by atoms with Gasteiger partial charge in [-0.05, 0) is 18.2 Å². The van der Waals surface area contributed by atoms with E-state index in [-0.39, 0.29) is 12.4 Å². The number of nitrogens with zero attached hydrogens (tertiary/aromatic N) is 1. The van der Waals surface area contributed by atoms with Crippen LogP contribution in [0.4, 0.5) is 0 Å². The Morgan fingerprint density at radius 3 is 2.22 bits per heavy atom. The van der Waals surface area contributed by atoms with E-state index in [9.17, 15) is 5.11 Å². The van der Waals surface area contributed by atoms with Crippen molar-refractivity contribution in [3.8, 4) is 11.5 Å². The van der Waals surface area contributed by atoms with Crippen molar-refractivity contribution in [3.63, 3.8) is 0 Å². The van der Waals surface area contributed by atoms with Gasteiger partial charge in [-0.25, -0.2) is 0 Å². The zero-order valence-corrected chi connectivity index (χ0v) is 12.4. The highest BCUT2D eigenvalue weighted by molar-refractivity contribution is 5.41. The quantitative estimate of drug-likeness (QED) is 0.661. The average Bonchev–Trinajstić information content (AvgIpc) is 2.25. The van der Waals surface area contributed by atoms with Crippen LogP contribution in [0.1, 0.15) is 11.7 Å². The number of methoxy groups -OCH3 is 2. The molecule has 1 aromatic carbocycles. The maximum absolute atomic E-state index is 10.2. The number of halogens is 1. The van der Waals surface area contributed by atoms with E-state index in [1.165, 1.54) is 0 Å². The summed E-state index contributed by atoms with van der Waals surface area (Å²) in [5, 5.41) is 10.2. The second-order valence-corrected chi connectivity index (χ2v) is 5.10. The van der Waals surface area contributed by atoms with Crippen LogP contribution in [0.5, 0.6) is 11.5 Å². The van der Waals surface area contributed by atoms with E-state index >= 15 is 0 Å². The first-order valence-electron chi connectivity index (χ1n) is 5.58. The molecule has 0 radical (unpaired) electrons. The molecule has 0 heterocycles. The maximum Gasteiger partial charge on any atom is 0.132 e. The first-order chi connectivity index (χ1) is 7.87. The van der Waals surface area contributed by atoms with Crippen LogP contribution in [0.25, 0.3) is 0 Å². The summed E-state index contributed by atoms with van der Waals surface area (Å²) in [5.74, 6) is 1.41. The predicted octanol–water partition coefficient (Wildman–Crippen LogP) is -1.55. The number of quaternary nitrogens is 1. The summed E-state index contributed by atoms with van der Waals surface area (Å²) >= 11 is 0. The van der Waals surface area contributed by atoms with E-state index in [0.717, 1.165) is 11.3 Å². The minimum Gasteiger partial charge on any atom is -1.00 e. The van der Waals surface area contributed by atoms with Gasteiger partial charge in [0.2, 0.25) is 0 Å². The standard InChI is InChI=1S/C13H22NO3.ClH/c1-14(2,3)9-12(15)11-8-10(16-4)6-7-13(11)17-5;/h6-8,12,15H,9H2,1-5H3;1H/q+1;/p-1. The van der Waals surface area contributed by atoms with E-state index < -0.39 is 6.10 Å². The molecule has 5 heteroatoms. The molecule has 1 aromatic rings. The van der Waals surface area contributed by atoms with E-state index in [2.05, 4.69) is 0 Å². The molecule has 4 nitrogen and oxygen atoms in total. The molecule has 0 aliphatic carbocycles.